The lowest BCUT2D eigenvalue weighted by Gasteiger charge is -2.12. The predicted octanol–water partition coefficient (Wildman–Crippen LogP) is 5.27. The molecular formula is C19H13F6N3O2. The zero-order chi connectivity index (χ0) is 22.1. The molecule has 0 fully saturated rings. The summed E-state index contributed by atoms with van der Waals surface area (Å²) in [6.45, 7) is 1.49. The Labute approximate surface area is 165 Å². The molecule has 2 heterocycles. The summed E-state index contributed by atoms with van der Waals surface area (Å²) in [5.74, 6) is -0.675. The van der Waals surface area contributed by atoms with Gasteiger partial charge >= 0.3 is 12.4 Å². The van der Waals surface area contributed by atoms with Crippen LogP contribution in [0.25, 0.3) is 11.3 Å². The molecule has 0 radical (unpaired) electrons. The number of amides is 1. The van der Waals surface area contributed by atoms with E-state index in [4.69, 9.17) is 4.52 Å². The second-order valence-electron chi connectivity index (χ2n) is 6.32. The number of benzene rings is 1. The van der Waals surface area contributed by atoms with E-state index < -0.39 is 35.6 Å². The summed E-state index contributed by atoms with van der Waals surface area (Å²) in [6.07, 6.45) is -8.25. The van der Waals surface area contributed by atoms with Crippen LogP contribution >= 0.6 is 0 Å². The maximum absolute atomic E-state index is 12.8. The van der Waals surface area contributed by atoms with Gasteiger partial charge in [-0.05, 0) is 37.3 Å². The highest BCUT2D eigenvalue weighted by Crippen LogP contribution is 2.31. The van der Waals surface area contributed by atoms with Crippen molar-refractivity contribution in [3.05, 3.63) is 71.2 Å². The van der Waals surface area contributed by atoms with Crippen LogP contribution in [0.2, 0.25) is 0 Å². The summed E-state index contributed by atoms with van der Waals surface area (Å²) in [4.78, 5) is 15.5. The summed E-state index contributed by atoms with van der Waals surface area (Å²) >= 11 is 0. The normalized spacial score (nSPS) is 13.2. The summed E-state index contributed by atoms with van der Waals surface area (Å²) < 4.78 is 81.9. The molecule has 0 aliphatic rings. The molecule has 0 saturated carbocycles. The number of hydrogen-bond donors (Lipinski definition) is 1. The summed E-state index contributed by atoms with van der Waals surface area (Å²) in [6, 6.07) is 6.51. The Kier molecular flexibility index (Phi) is 5.55. The smallest absolute Gasteiger partial charge is 0.359 e. The summed E-state index contributed by atoms with van der Waals surface area (Å²) in [5, 5.41) is 6.15. The van der Waals surface area contributed by atoms with Gasteiger partial charge in [0.05, 0.1) is 11.6 Å². The Bertz CT molecular complexity index is 1060. The van der Waals surface area contributed by atoms with Crippen LogP contribution < -0.4 is 5.32 Å². The minimum Gasteiger partial charge on any atom is -0.359 e. The Hall–Kier alpha value is -3.37. The van der Waals surface area contributed by atoms with Crippen LogP contribution in [0.5, 0.6) is 0 Å². The average Bonchev–Trinajstić information content (AvgIpc) is 3.17. The number of alkyl halides is 6. The lowest BCUT2D eigenvalue weighted by atomic mass is 10.1. The number of aromatic nitrogens is 2. The Morgan fingerprint density at radius 1 is 1.03 bits per heavy atom. The highest BCUT2D eigenvalue weighted by atomic mass is 19.4. The van der Waals surface area contributed by atoms with E-state index in [0.717, 1.165) is 24.4 Å². The van der Waals surface area contributed by atoms with Crippen LogP contribution in [-0.2, 0) is 12.4 Å². The highest BCUT2D eigenvalue weighted by Gasteiger charge is 2.33. The molecule has 1 aromatic carbocycles. The first-order chi connectivity index (χ1) is 13.9. The average molecular weight is 429 g/mol. The number of carbonyl (C=O) groups excluding carboxylic acids is 1. The third kappa shape index (κ3) is 4.78. The monoisotopic (exact) mass is 429 g/mol. The fourth-order valence-electron chi connectivity index (χ4n) is 2.56. The van der Waals surface area contributed by atoms with E-state index in [1.54, 1.807) is 0 Å². The number of hydrogen-bond acceptors (Lipinski definition) is 4. The van der Waals surface area contributed by atoms with Gasteiger partial charge in [-0.25, -0.2) is 0 Å². The topological polar surface area (TPSA) is 68.0 Å². The van der Waals surface area contributed by atoms with Crippen molar-refractivity contribution in [1.82, 2.24) is 15.5 Å². The fourth-order valence-corrected chi connectivity index (χ4v) is 2.56. The molecule has 5 nitrogen and oxygen atoms in total. The van der Waals surface area contributed by atoms with E-state index in [9.17, 15) is 31.1 Å². The number of nitrogens with zero attached hydrogens (tertiary/aromatic N) is 2. The lowest BCUT2D eigenvalue weighted by Crippen LogP contribution is -2.26. The largest absolute Gasteiger partial charge is 0.433 e. The first-order valence-corrected chi connectivity index (χ1v) is 8.43. The van der Waals surface area contributed by atoms with Gasteiger partial charge in [0.1, 0.15) is 11.4 Å². The minimum absolute atomic E-state index is 0.0815. The van der Waals surface area contributed by atoms with Gasteiger partial charge in [0.2, 0.25) is 0 Å². The van der Waals surface area contributed by atoms with Crippen molar-refractivity contribution in [2.75, 3.05) is 0 Å². The van der Waals surface area contributed by atoms with Gasteiger partial charge in [-0.2, -0.15) is 26.3 Å². The Morgan fingerprint density at radius 2 is 1.77 bits per heavy atom. The van der Waals surface area contributed by atoms with Crippen molar-refractivity contribution < 1.29 is 35.7 Å². The maximum atomic E-state index is 12.8. The molecule has 0 aliphatic carbocycles. The van der Waals surface area contributed by atoms with Crippen LogP contribution in [0.1, 0.15) is 40.3 Å². The SMILES string of the molecule is C[C@H](NC(=O)c1cccc(C(F)(F)F)c1)c1cc(-c2ccnc(C(F)(F)F)c2)no1. The molecule has 11 heteroatoms. The van der Waals surface area contributed by atoms with Crippen molar-refractivity contribution >= 4 is 5.91 Å². The number of pyridine rings is 1. The molecule has 1 N–H and O–H groups in total. The van der Waals surface area contributed by atoms with Crippen molar-refractivity contribution in [2.45, 2.75) is 25.3 Å². The van der Waals surface area contributed by atoms with Crippen LogP contribution in [0.4, 0.5) is 26.3 Å². The molecule has 0 unspecified atom stereocenters. The molecule has 0 spiro atoms. The third-order valence-electron chi connectivity index (χ3n) is 4.10. The van der Waals surface area contributed by atoms with Crippen molar-refractivity contribution in [2.24, 2.45) is 0 Å². The molecular weight excluding hydrogens is 416 g/mol. The van der Waals surface area contributed by atoms with Gasteiger partial charge in [-0.3, -0.25) is 9.78 Å². The highest BCUT2D eigenvalue weighted by molar-refractivity contribution is 5.94. The van der Waals surface area contributed by atoms with Crippen LogP contribution in [0.15, 0.2) is 53.2 Å². The molecule has 1 atom stereocenters. The third-order valence-corrected chi connectivity index (χ3v) is 4.10. The van der Waals surface area contributed by atoms with Gasteiger partial charge in [0, 0.05) is 23.4 Å². The Balaban J connectivity index is 1.76. The van der Waals surface area contributed by atoms with E-state index in [1.165, 1.54) is 25.1 Å². The fraction of sp³-hybridized carbons (Fsp3) is 0.211. The maximum Gasteiger partial charge on any atom is 0.433 e. The standard InChI is InChI=1S/C19H13F6N3O2/c1-10(27-17(29)12-3-2-4-13(7-12)18(20,21)22)15-9-14(28-30-15)11-5-6-26-16(8-11)19(23,24)25/h2-10H,1H3,(H,27,29)/t10-/m0/s1. The second-order valence-corrected chi connectivity index (χ2v) is 6.32. The number of halogens is 6. The number of carbonyl (C=O) groups is 1. The van der Waals surface area contributed by atoms with Gasteiger partial charge in [-0.15, -0.1) is 0 Å². The molecule has 2 aromatic heterocycles. The summed E-state index contributed by atoms with van der Waals surface area (Å²) in [5.41, 5.74) is -2.10. The summed E-state index contributed by atoms with van der Waals surface area (Å²) in [7, 11) is 0. The molecule has 3 rings (SSSR count). The number of nitrogens with one attached hydrogen (secondary N) is 1. The van der Waals surface area contributed by atoms with Crippen molar-refractivity contribution in [3.63, 3.8) is 0 Å². The molecule has 3 aromatic rings. The van der Waals surface area contributed by atoms with E-state index >= 15 is 0 Å². The van der Waals surface area contributed by atoms with Crippen LogP contribution in [0, 0.1) is 0 Å². The molecule has 0 aliphatic heterocycles. The number of rotatable bonds is 4. The zero-order valence-electron chi connectivity index (χ0n) is 15.2. The first-order valence-electron chi connectivity index (χ1n) is 8.43. The van der Waals surface area contributed by atoms with E-state index in [-0.39, 0.29) is 22.6 Å². The van der Waals surface area contributed by atoms with Crippen molar-refractivity contribution in [1.29, 1.82) is 0 Å². The van der Waals surface area contributed by atoms with Crippen LogP contribution in [0.3, 0.4) is 0 Å². The molecule has 0 bridgehead atoms. The predicted molar refractivity (Wildman–Crippen MR) is 92.1 cm³/mol. The minimum atomic E-state index is -4.63. The molecule has 30 heavy (non-hydrogen) atoms. The molecule has 0 saturated heterocycles. The van der Waals surface area contributed by atoms with Crippen LogP contribution in [-0.4, -0.2) is 16.0 Å². The second kappa shape index (κ2) is 7.81. The first kappa shape index (κ1) is 21.3. The Morgan fingerprint density at radius 3 is 2.43 bits per heavy atom. The van der Waals surface area contributed by atoms with Gasteiger partial charge in [0.15, 0.2) is 5.76 Å². The molecule has 1 amide bonds. The van der Waals surface area contributed by atoms with Gasteiger partial charge in [-0.1, -0.05) is 11.2 Å². The lowest BCUT2D eigenvalue weighted by molar-refractivity contribution is -0.141. The quantitative estimate of drug-likeness (QED) is 0.574. The zero-order valence-corrected chi connectivity index (χ0v) is 15.2. The van der Waals surface area contributed by atoms with E-state index in [2.05, 4.69) is 15.5 Å². The van der Waals surface area contributed by atoms with E-state index in [0.29, 0.717) is 6.07 Å². The van der Waals surface area contributed by atoms with Gasteiger partial charge < -0.3 is 9.84 Å². The van der Waals surface area contributed by atoms with Gasteiger partial charge in [0.25, 0.3) is 5.91 Å². The van der Waals surface area contributed by atoms with E-state index in [1.807, 2.05) is 0 Å². The molecule has 158 valence electrons. The van der Waals surface area contributed by atoms with Crippen molar-refractivity contribution in [3.8, 4) is 11.3 Å².